The summed E-state index contributed by atoms with van der Waals surface area (Å²) >= 11 is 0. The molecule has 2 aromatic heterocycles. The monoisotopic (exact) mass is 348 g/mol. The Morgan fingerprint density at radius 2 is 1.92 bits per heavy atom. The first-order chi connectivity index (χ1) is 11.3. The number of fused-ring (bicyclic) bond motifs is 1. The van der Waals surface area contributed by atoms with Crippen molar-refractivity contribution >= 4 is 21.1 Å². The highest BCUT2D eigenvalue weighted by atomic mass is 32.2. The fourth-order valence-electron chi connectivity index (χ4n) is 2.56. The van der Waals surface area contributed by atoms with E-state index in [1.54, 1.807) is 43.8 Å². The van der Waals surface area contributed by atoms with Crippen LogP contribution in [0, 0.1) is 12.7 Å². The zero-order valence-electron chi connectivity index (χ0n) is 13.5. The summed E-state index contributed by atoms with van der Waals surface area (Å²) in [5.41, 5.74) is 2.01. The van der Waals surface area contributed by atoms with Gasteiger partial charge < -0.3 is 0 Å². The molecule has 1 aromatic carbocycles. The van der Waals surface area contributed by atoms with E-state index in [9.17, 15) is 12.8 Å². The summed E-state index contributed by atoms with van der Waals surface area (Å²) in [4.78, 5) is 4.26. The van der Waals surface area contributed by atoms with E-state index < -0.39 is 16.1 Å². The molecule has 0 aliphatic heterocycles. The number of sulfonamides is 1. The van der Waals surface area contributed by atoms with Gasteiger partial charge in [-0.1, -0.05) is 12.1 Å². The van der Waals surface area contributed by atoms with E-state index in [4.69, 9.17) is 0 Å². The quantitative estimate of drug-likeness (QED) is 0.786. The highest BCUT2D eigenvalue weighted by Crippen LogP contribution is 2.21. The number of nitrogens with zero attached hydrogens (tertiary/aromatic N) is 3. The minimum atomic E-state index is -3.76. The van der Waals surface area contributed by atoms with E-state index in [0.717, 1.165) is 0 Å². The Bertz CT molecular complexity index is 997. The fraction of sp³-hybridized carbons (Fsp3) is 0.250. The van der Waals surface area contributed by atoms with E-state index in [1.807, 2.05) is 0 Å². The van der Waals surface area contributed by atoms with Crippen LogP contribution in [0.3, 0.4) is 0 Å². The van der Waals surface area contributed by atoms with Gasteiger partial charge in [0.15, 0.2) is 5.65 Å². The maximum Gasteiger partial charge on any atom is 0.242 e. The number of benzene rings is 1. The standard InChI is InChI=1S/C16H17FN4O2S/c1-10(12-4-6-13(17)7-5-12)20-24(22,23)14-8-15-11(2)19-21(3)16(15)18-9-14/h4-10,20H,1-3H3. The summed E-state index contributed by atoms with van der Waals surface area (Å²) in [5, 5.41) is 4.92. The van der Waals surface area contributed by atoms with Crippen LogP contribution in [0.5, 0.6) is 0 Å². The largest absolute Gasteiger partial charge is 0.250 e. The summed E-state index contributed by atoms with van der Waals surface area (Å²) in [5.74, 6) is -0.365. The fourth-order valence-corrected chi connectivity index (χ4v) is 3.76. The van der Waals surface area contributed by atoms with Crippen LogP contribution in [0.1, 0.15) is 24.2 Å². The molecule has 0 saturated carbocycles. The predicted octanol–water partition coefficient (Wildman–Crippen LogP) is 2.46. The summed E-state index contributed by atoms with van der Waals surface area (Å²) in [6.07, 6.45) is 1.31. The van der Waals surface area contributed by atoms with Crippen LogP contribution in [0.2, 0.25) is 0 Å². The van der Waals surface area contributed by atoms with Gasteiger partial charge in [0.05, 0.1) is 5.69 Å². The van der Waals surface area contributed by atoms with Gasteiger partial charge in [0.25, 0.3) is 0 Å². The molecule has 24 heavy (non-hydrogen) atoms. The van der Waals surface area contributed by atoms with Gasteiger partial charge >= 0.3 is 0 Å². The van der Waals surface area contributed by atoms with Gasteiger partial charge in [0.1, 0.15) is 10.7 Å². The van der Waals surface area contributed by atoms with Crippen LogP contribution in [-0.2, 0) is 17.1 Å². The van der Waals surface area contributed by atoms with Gasteiger partial charge in [-0.2, -0.15) is 5.10 Å². The van der Waals surface area contributed by atoms with E-state index in [1.165, 1.54) is 18.3 Å². The molecular formula is C16H17FN4O2S. The molecule has 3 aromatic rings. The number of aromatic nitrogens is 3. The van der Waals surface area contributed by atoms with Gasteiger partial charge in [-0.15, -0.1) is 0 Å². The van der Waals surface area contributed by atoms with Gasteiger partial charge in [-0.3, -0.25) is 4.68 Å². The van der Waals surface area contributed by atoms with Crippen LogP contribution >= 0.6 is 0 Å². The van der Waals surface area contributed by atoms with Crippen LogP contribution in [0.4, 0.5) is 4.39 Å². The Labute approximate surface area is 139 Å². The molecule has 3 rings (SSSR count). The highest BCUT2D eigenvalue weighted by Gasteiger charge is 2.20. The van der Waals surface area contributed by atoms with Crippen molar-refractivity contribution in [3.63, 3.8) is 0 Å². The van der Waals surface area contributed by atoms with E-state index in [-0.39, 0.29) is 10.7 Å². The molecule has 0 spiro atoms. The maximum absolute atomic E-state index is 13.0. The minimum absolute atomic E-state index is 0.0695. The third kappa shape index (κ3) is 3.02. The van der Waals surface area contributed by atoms with Crippen LogP contribution in [-0.4, -0.2) is 23.2 Å². The molecule has 8 heteroatoms. The lowest BCUT2D eigenvalue weighted by Crippen LogP contribution is -2.27. The average Bonchev–Trinajstić information content (AvgIpc) is 2.82. The van der Waals surface area contributed by atoms with Crippen molar-refractivity contribution in [1.29, 1.82) is 0 Å². The zero-order valence-corrected chi connectivity index (χ0v) is 14.3. The Morgan fingerprint density at radius 3 is 2.58 bits per heavy atom. The number of halogens is 1. The molecule has 0 aliphatic carbocycles. The van der Waals surface area contributed by atoms with E-state index >= 15 is 0 Å². The van der Waals surface area contributed by atoms with Crippen molar-refractivity contribution in [2.45, 2.75) is 24.8 Å². The van der Waals surface area contributed by atoms with Crippen molar-refractivity contribution in [1.82, 2.24) is 19.5 Å². The Kier molecular flexibility index (Phi) is 4.10. The molecule has 0 bridgehead atoms. The predicted molar refractivity (Wildman–Crippen MR) is 88.4 cm³/mol. The first-order valence-corrected chi connectivity index (χ1v) is 8.83. The van der Waals surface area contributed by atoms with Crippen LogP contribution in [0.25, 0.3) is 11.0 Å². The van der Waals surface area contributed by atoms with Gasteiger partial charge in [-0.25, -0.2) is 22.5 Å². The van der Waals surface area contributed by atoms with Crippen molar-refractivity contribution in [3.05, 3.63) is 53.6 Å². The Morgan fingerprint density at radius 1 is 1.25 bits per heavy atom. The van der Waals surface area contributed by atoms with Crippen LogP contribution in [0.15, 0.2) is 41.4 Å². The molecule has 1 atom stereocenters. The van der Waals surface area contributed by atoms with Crippen LogP contribution < -0.4 is 4.72 Å². The summed E-state index contributed by atoms with van der Waals surface area (Å²) in [7, 11) is -2.00. The van der Waals surface area contributed by atoms with Crippen molar-refractivity contribution in [3.8, 4) is 0 Å². The van der Waals surface area contributed by atoms with Crippen molar-refractivity contribution in [2.24, 2.45) is 7.05 Å². The van der Waals surface area contributed by atoms with Gasteiger partial charge in [0, 0.05) is 24.7 Å². The van der Waals surface area contributed by atoms with Crippen molar-refractivity contribution in [2.75, 3.05) is 0 Å². The van der Waals surface area contributed by atoms with Crippen molar-refractivity contribution < 1.29 is 12.8 Å². The molecule has 1 unspecified atom stereocenters. The number of nitrogens with one attached hydrogen (secondary N) is 1. The lowest BCUT2D eigenvalue weighted by molar-refractivity contribution is 0.566. The third-order valence-electron chi connectivity index (χ3n) is 3.85. The molecule has 0 fully saturated rings. The number of hydrogen-bond donors (Lipinski definition) is 1. The zero-order chi connectivity index (χ0) is 17.5. The normalized spacial score (nSPS) is 13.3. The lowest BCUT2D eigenvalue weighted by atomic mass is 10.1. The Balaban J connectivity index is 1.92. The van der Waals surface area contributed by atoms with E-state index in [0.29, 0.717) is 22.3 Å². The molecule has 1 N–H and O–H groups in total. The average molecular weight is 348 g/mol. The van der Waals surface area contributed by atoms with Gasteiger partial charge in [0.2, 0.25) is 10.0 Å². The Hall–Kier alpha value is -2.32. The molecule has 6 nitrogen and oxygen atoms in total. The summed E-state index contributed by atoms with van der Waals surface area (Å²) in [6, 6.07) is 6.76. The third-order valence-corrected chi connectivity index (χ3v) is 5.36. The first kappa shape index (κ1) is 16.5. The SMILES string of the molecule is Cc1nn(C)c2ncc(S(=O)(=O)NC(C)c3ccc(F)cc3)cc12. The van der Waals surface area contributed by atoms with Gasteiger partial charge in [-0.05, 0) is 37.6 Å². The van der Waals surface area contributed by atoms with E-state index in [2.05, 4.69) is 14.8 Å². The molecule has 0 saturated heterocycles. The molecule has 0 radical (unpaired) electrons. The molecule has 0 aliphatic rings. The molecule has 0 amide bonds. The number of aryl methyl sites for hydroxylation is 2. The smallest absolute Gasteiger partial charge is 0.242 e. The lowest BCUT2D eigenvalue weighted by Gasteiger charge is -2.14. The molecular weight excluding hydrogens is 331 g/mol. The summed E-state index contributed by atoms with van der Waals surface area (Å²) < 4.78 is 42.4. The second-order valence-electron chi connectivity index (χ2n) is 5.65. The second kappa shape index (κ2) is 5.95. The number of hydrogen-bond acceptors (Lipinski definition) is 4. The summed E-state index contributed by atoms with van der Waals surface area (Å²) in [6.45, 7) is 3.50. The number of rotatable bonds is 4. The minimum Gasteiger partial charge on any atom is -0.250 e. The first-order valence-electron chi connectivity index (χ1n) is 7.35. The maximum atomic E-state index is 13.0. The second-order valence-corrected chi connectivity index (χ2v) is 7.36. The molecule has 126 valence electrons. The number of pyridine rings is 1. The molecule has 2 heterocycles. The topological polar surface area (TPSA) is 76.9 Å². The highest BCUT2D eigenvalue weighted by molar-refractivity contribution is 7.89.